The molecular formula is C8H19NO3S. The molecule has 0 unspecified atom stereocenters. The van der Waals surface area contributed by atoms with Crippen molar-refractivity contribution in [1.82, 2.24) is 0 Å². The minimum atomic E-state index is -3.41. The predicted molar refractivity (Wildman–Crippen MR) is 52.9 cm³/mol. The summed E-state index contributed by atoms with van der Waals surface area (Å²) in [6.45, 7) is 4.35. The Kier molecular flexibility index (Phi) is 4.88. The van der Waals surface area contributed by atoms with Crippen LogP contribution in [0.15, 0.2) is 0 Å². The first-order valence-electron chi connectivity index (χ1n) is 4.38. The molecule has 2 N–H and O–H groups in total. The molecule has 0 bridgehead atoms. The van der Waals surface area contributed by atoms with Crippen molar-refractivity contribution in [2.45, 2.75) is 26.7 Å². The van der Waals surface area contributed by atoms with Crippen LogP contribution in [0.5, 0.6) is 0 Å². The lowest BCUT2D eigenvalue weighted by atomic mass is 9.85. The second kappa shape index (κ2) is 4.93. The molecule has 0 aliphatic rings. The summed E-state index contributed by atoms with van der Waals surface area (Å²) in [7, 11) is -1.84. The molecule has 0 radical (unpaired) electrons. The van der Waals surface area contributed by atoms with Crippen molar-refractivity contribution in [2.24, 2.45) is 10.6 Å². The molecule has 0 heterocycles. The molecule has 0 aliphatic carbocycles. The Morgan fingerprint density at radius 2 is 1.77 bits per heavy atom. The highest BCUT2D eigenvalue weighted by atomic mass is 32.2. The minimum absolute atomic E-state index is 0.000833. The van der Waals surface area contributed by atoms with E-state index in [4.69, 9.17) is 9.88 Å². The van der Waals surface area contributed by atoms with E-state index in [1.54, 1.807) is 7.11 Å². The third-order valence-corrected chi connectivity index (χ3v) is 3.47. The average molecular weight is 209 g/mol. The van der Waals surface area contributed by atoms with E-state index in [0.717, 1.165) is 12.8 Å². The molecule has 13 heavy (non-hydrogen) atoms. The number of ether oxygens (including phenoxy) is 1. The fraction of sp³-hybridized carbons (Fsp3) is 1.00. The average Bonchev–Trinajstić information content (AvgIpc) is 2.01. The quantitative estimate of drug-likeness (QED) is 0.701. The van der Waals surface area contributed by atoms with Crippen LogP contribution in [-0.4, -0.2) is 27.9 Å². The van der Waals surface area contributed by atoms with E-state index in [1.807, 2.05) is 13.8 Å². The van der Waals surface area contributed by atoms with Crippen LogP contribution < -0.4 is 5.14 Å². The summed E-state index contributed by atoms with van der Waals surface area (Å²) < 4.78 is 26.9. The van der Waals surface area contributed by atoms with Crippen LogP contribution in [0.2, 0.25) is 0 Å². The molecule has 0 aromatic rings. The Bertz CT molecular complexity index is 232. The summed E-state index contributed by atoms with van der Waals surface area (Å²) in [5.41, 5.74) is -0.317. The van der Waals surface area contributed by atoms with Crippen LogP contribution in [0.1, 0.15) is 26.7 Å². The van der Waals surface area contributed by atoms with Crippen molar-refractivity contribution in [3.63, 3.8) is 0 Å². The Morgan fingerprint density at radius 3 is 2.00 bits per heavy atom. The van der Waals surface area contributed by atoms with Crippen LogP contribution in [0.25, 0.3) is 0 Å². The molecule has 0 fully saturated rings. The zero-order chi connectivity index (χ0) is 10.5. The maximum absolute atomic E-state index is 11.0. The number of hydrogen-bond donors (Lipinski definition) is 1. The molecule has 0 aromatic heterocycles. The molecule has 4 nitrogen and oxygen atoms in total. The first-order chi connectivity index (χ1) is 5.89. The van der Waals surface area contributed by atoms with E-state index in [2.05, 4.69) is 0 Å². The Morgan fingerprint density at radius 1 is 1.31 bits per heavy atom. The lowest BCUT2D eigenvalue weighted by molar-refractivity contribution is 0.0880. The van der Waals surface area contributed by atoms with Crippen LogP contribution in [0.3, 0.4) is 0 Å². The zero-order valence-electron chi connectivity index (χ0n) is 8.54. The molecule has 0 aliphatic heterocycles. The number of primary sulfonamides is 1. The predicted octanol–water partition coefficient (Wildman–Crippen LogP) is 0.728. The molecule has 0 rings (SSSR count). The van der Waals surface area contributed by atoms with Crippen molar-refractivity contribution in [3.05, 3.63) is 0 Å². The third kappa shape index (κ3) is 4.59. The molecular weight excluding hydrogens is 190 g/mol. The highest BCUT2D eigenvalue weighted by molar-refractivity contribution is 7.89. The van der Waals surface area contributed by atoms with Gasteiger partial charge in [-0.25, -0.2) is 13.6 Å². The van der Waals surface area contributed by atoms with Gasteiger partial charge in [0.15, 0.2) is 0 Å². The van der Waals surface area contributed by atoms with Gasteiger partial charge in [-0.1, -0.05) is 13.8 Å². The van der Waals surface area contributed by atoms with Gasteiger partial charge < -0.3 is 4.74 Å². The highest BCUT2D eigenvalue weighted by Gasteiger charge is 2.30. The van der Waals surface area contributed by atoms with Gasteiger partial charge in [-0.3, -0.25) is 0 Å². The first-order valence-corrected chi connectivity index (χ1v) is 6.10. The number of rotatable bonds is 6. The third-order valence-electron chi connectivity index (χ3n) is 2.46. The van der Waals surface area contributed by atoms with E-state index in [1.165, 1.54) is 0 Å². The summed E-state index contributed by atoms with van der Waals surface area (Å²) in [6.07, 6.45) is 1.52. The molecule has 0 saturated heterocycles. The summed E-state index contributed by atoms with van der Waals surface area (Å²) in [5, 5.41) is 5.02. The van der Waals surface area contributed by atoms with Crippen molar-refractivity contribution in [2.75, 3.05) is 19.5 Å². The largest absolute Gasteiger partial charge is 0.384 e. The summed E-state index contributed by atoms with van der Waals surface area (Å²) in [6, 6.07) is 0. The number of nitrogens with two attached hydrogens (primary N) is 1. The van der Waals surface area contributed by atoms with Gasteiger partial charge in [-0.15, -0.1) is 0 Å². The van der Waals surface area contributed by atoms with Crippen LogP contribution in [0, 0.1) is 5.41 Å². The lowest BCUT2D eigenvalue weighted by Crippen LogP contribution is -2.36. The zero-order valence-corrected chi connectivity index (χ0v) is 9.36. The highest BCUT2D eigenvalue weighted by Crippen LogP contribution is 2.27. The second-order valence-corrected chi connectivity index (χ2v) is 5.06. The van der Waals surface area contributed by atoms with Crippen molar-refractivity contribution < 1.29 is 13.2 Å². The Labute approximate surface area is 80.5 Å². The van der Waals surface area contributed by atoms with Gasteiger partial charge in [0.05, 0.1) is 12.4 Å². The maximum Gasteiger partial charge on any atom is 0.209 e. The molecule has 5 heteroatoms. The van der Waals surface area contributed by atoms with E-state index >= 15 is 0 Å². The van der Waals surface area contributed by atoms with Gasteiger partial charge in [0.25, 0.3) is 0 Å². The van der Waals surface area contributed by atoms with Gasteiger partial charge in [0, 0.05) is 12.5 Å². The summed E-state index contributed by atoms with van der Waals surface area (Å²) in [5.74, 6) is 0.000833. The monoisotopic (exact) mass is 209 g/mol. The fourth-order valence-corrected chi connectivity index (χ4v) is 2.78. The topological polar surface area (TPSA) is 69.4 Å². The standard InChI is InChI=1S/C8H19NO3S/c1-4-8(5-2,6-12-3)7-13(9,10)11/h4-7H2,1-3H3,(H2,9,10,11). The Balaban J connectivity index is 4.57. The van der Waals surface area contributed by atoms with E-state index < -0.39 is 10.0 Å². The van der Waals surface area contributed by atoms with E-state index in [0.29, 0.717) is 6.61 Å². The summed E-state index contributed by atoms with van der Waals surface area (Å²) >= 11 is 0. The van der Waals surface area contributed by atoms with Crippen LogP contribution >= 0.6 is 0 Å². The molecule has 0 amide bonds. The normalized spacial score (nSPS) is 13.2. The van der Waals surface area contributed by atoms with Gasteiger partial charge in [-0.05, 0) is 12.8 Å². The lowest BCUT2D eigenvalue weighted by Gasteiger charge is -2.29. The van der Waals surface area contributed by atoms with E-state index in [9.17, 15) is 8.42 Å². The first kappa shape index (κ1) is 12.9. The summed E-state index contributed by atoms with van der Waals surface area (Å²) in [4.78, 5) is 0. The van der Waals surface area contributed by atoms with Gasteiger partial charge >= 0.3 is 0 Å². The maximum atomic E-state index is 11.0. The fourth-order valence-electron chi connectivity index (χ4n) is 1.43. The minimum Gasteiger partial charge on any atom is -0.384 e. The number of sulfonamides is 1. The molecule has 0 spiro atoms. The van der Waals surface area contributed by atoms with Crippen LogP contribution in [-0.2, 0) is 14.8 Å². The molecule has 0 atom stereocenters. The van der Waals surface area contributed by atoms with Crippen molar-refractivity contribution in [3.8, 4) is 0 Å². The van der Waals surface area contributed by atoms with Gasteiger partial charge in [0.2, 0.25) is 10.0 Å². The SMILES string of the molecule is CCC(CC)(COC)CS(N)(=O)=O. The van der Waals surface area contributed by atoms with Gasteiger partial charge in [0.1, 0.15) is 0 Å². The second-order valence-electron chi connectivity index (χ2n) is 3.45. The van der Waals surface area contributed by atoms with Crippen molar-refractivity contribution >= 4 is 10.0 Å². The number of hydrogen-bond acceptors (Lipinski definition) is 3. The van der Waals surface area contributed by atoms with Crippen molar-refractivity contribution in [1.29, 1.82) is 0 Å². The molecule has 0 aromatic carbocycles. The molecule has 0 saturated carbocycles. The molecule has 80 valence electrons. The number of methoxy groups -OCH3 is 1. The van der Waals surface area contributed by atoms with Crippen LogP contribution in [0.4, 0.5) is 0 Å². The Hall–Kier alpha value is -0.130. The van der Waals surface area contributed by atoms with Gasteiger partial charge in [-0.2, -0.15) is 0 Å². The van der Waals surface area contributed by atoms with E-state index in [-0.39, 0.29) is 11.2 Å². The smallest absolute Gasteiger partial charge is 0.209 e.